The number of carbonyl (C=O) groups excluding carboxylic acids is 1. The lowest BCUT2D eigenvalue weighted by Crippen LogP contribution is -2.28. The first-order valence-corrected chi connectivity index (χ1v) is 9.03. The minimum atomic E-state index is -0.309. The Balaban J connectivity index is 1.56. The highest BCUT2D eigenvalue weighted by Crippen LogP contribution is 2.25. The van der Waals surface area contributed by atoms with Crippen molar-refractivity contribution in [1.82, 2.24) is 15.3 Å². The molecule has 1 amide bonds. The summed E-state index contributed by atoms with van der Waals surface area (Å²) in [5.41, 5.74) is 3.86. The van der Waals surface area contributed by atoms with Crippen LogP contribution in [0.1, 0.15) is 16.8 Å². The van der Waals surface area contributed by atoms with E-state index in [1.165, 1.54) is 18.5 Å². The molecule has 5 nitrogen and oxygen atoms in total. The van der Waals surface area contributed by atoms with Gasteiger partial charge in [0.15, 0.2) is 6.61 Å². The van der Waals surface area contributed by atoms with E-state index < -0.39 is 0 Å². The largest absolute Gasteiger partial charge is 0.484 e. The van der Waals surface area contributed by atoms with E-state index in [9.17, 15) is 9.18 Å². The molecule has 0 saturated heterocycles. The predicted molar refractivity (Wildman–Crippen MR) is 106 cm³/mol. The summed E-state index contributed by atoms with van der Waals surface area (Å²) in [5, 5.41) is 3.45. The van der Waals surface area contributed by atoms with Crippen LogP contribution in [0.4, 0.5) is 4.39 Å². The third kappa shape index (κ3) is 5.04. The third-order valence-electron chi connectivity index (χ3n) is 4.11. The van der Waals surface area contributed by atoms with E-state index in [0.29, 0.717) is 22.2 Å². The van der Waals surface area contributed by atoms with Gasteiger partial charge in [0.2, 0.25) is 0 Å². The number of nitrogens with one attached hydrogen (secondary N) is 1. The topological polar surface area (TPSA) is 64.1 Å². The number of nitrogens with zero attached hydrogens (tertiary/aromatic N) is 2. The average molecular weight is 400 g/mol. The molecule has 3 rings (SSSR count). The first-order valence-electron chi connectivity index (χ1n) is 8.65. The van der Waals surface area contributed by atoms with Gasteiger partial charge in [0.05, 0.1) is 17.9 Å². The second-order valence-electron chi connectivity index (χ2n) is 6.34. The van der Waals surface area contributed by atoms with Crippen molar-refractivity contribution in [2.45, 2.75) is 20.4 Å². The fourth-order valence-electron chi connectivity index (χ4n) is 2.65. The monoisotopic (exact) mass is 399 g/mol. The van der Waals surface area contributed by atoms with Crippen molar-refractivity contribution < 1.29 is 13.9 Å². The van der Waals surface area contributed by atoms with Crippen LogP contribution in [0.5, 0.6) is 5.75 Å². The number of benzene rings is 2. The molecule has 0 unspecified atom stereocenters. The van der Waals surface area contributed by atoms with Gasteiger partial charge in [-0.3, -0.25) is 4.79 Å². The van der Waals surface area contributed by atoms with E-state index in [-0.39, 0.29) is 24.9 Å². The molecule has 1 aromatic heterocycles. The number of amides is 1. The van der Waals surface area contributed by atoms with Crippen LogP contribution >= 0.6 is 11.6 Å². The lowest BCUT2D eigenvalue weighted by atomic mass is 10.1. The van der Waals surface area contributed by atoms with Gasteiger partial charge in [0.25, 0.3) is 5.91 Å². The fourth-order valence-corrected chi connectivity index (χ4v) is 2.76. The maximum Gasteiger partial charge on any atom is 0.258 e. The number of hydrogen-bond acceptors (Lipinski definition) is 4. The smallest absolute Gasteiger partial charge is 0.258 e. The quantitative estimate of drug-likeness (QED) is 0.673. The molecular weight excluding hydrogens is 381 g/mol. The molecule has 0 radical (unpaired) electrons. The van der Waals surface area contributed by atoms with E-state index in [4.69, 9.17) is 16.3 Å². The van der Waals surface area contributed by atoms with Crippen molar-refractivity contribution in [2.24, 2.45) is 0 Å². The van der Waals surface area contributed by atoms with Gasteiger partial charge in [-0.1, -0.05) is 11.6 Å². The van der Waals surface area contributed by atoms with Gasteiger partial charge in [-0.15, -0.1) is 0 Å². The highest BCUT2D eigenvalue weighted by Gasteiger charge is 2.08. The summed E-state index contributed by atoms with van der Waals surface area (Å²) >= 11 is 6.13. The second-order valence-corrected chi connectivity index (χ2v) is 6.72. The molecule has 0 fully saturated rings. The van der Waals surface area contributed by atoms with Crippen LogP contribution in [0, 0.1) is 19.7 Å². The molecule has 1 N–H and O–H groups in total. The van der Waals surface area contributed by atoms with Gasteiger partial charge in [0, 0.05) is 10.6 Å². The minimum Gasteiger partial charge on any atom is -0.484 e. The highest BCUT2D eigenvalue weighted by molar-refractivity contribution is 6.32. The zero-order valence-corrected chi connectivity index (χ0v) is 16.3. The maximum absolute atomic E-state index is 13.1. The molecule has 0 atom stereocenters. The van der Waals surface area contributed by atoms with E-state index in [0.717, 1.165) is 16.7 Å². The van der Waals surface area contributed by atoms with E-state index in [1.807, 2.05) is 13.8 Å². The molecule has 2 aromatic carbocycles. The van der Waals surface area contributed by atoms with Crippen LogP contribution in [0.25, 0.3) is 11.3 Å². The first-order chi connectivity index (χ1) is 13.4. The number of halogens is 2. The normalized spacial score (nSPS) is 10.6. The summed E-state index contributed by atoms with van der Waals surface area (Å²) in [6.45, 7) is 3.89. The van der Waals surface area contributed by atoms with Gasteiger partial charge in [-0.2, -0.15) is 0 Å². The number of carbonyl (C=O) groups is 1. The molecule has 0 spiro atoms. The van der Waals surface area contributed by atoms with Crippen molar-refractivity contribution in [2.75, 3.05) is 6.61 Å². The molecule has 0 aliphatic rings. The van der Waals surface area contributed by atoms with E-state index >= 15 is 0 Å². The fraction of sp³-hybridized carbons (Fsp3) is 0.190. The van der Waals surface area contributed by atoms with Crippen molar-refractivity contribution >= 4 is 17.5 Å². The molecular formula is C21H19ClFN3O2. The highest BCUT2D eigenvalue weighted by atomic mass is 35.5. The summed E-state index contributed by atoms with van der Waals surface area (Å²) in [5.74, 6) is 0.0127. The summed E-state index contributed by atoms with van der Waals surface area (Å²) in [7, 11) is 0. The second kappa shape index (κ2) is 8.80. The van der Waals surface area contributed by atoms with Crippen LogP contribution in [0.3, 0.4) is 0 Å². The van der Waals surface area contributed by atoms with Gasteiger partial charge >= 0.3 is 0 Å². The van der Waals surface area contributed by atoms with Crippen molar-refractivity contribution in [3.05, 3.63) is 76.5 Å². The van der Waals surface area contributed by atoms with Crippen molar-refractivity contribution in [1.29, 1.82) is 0 Å². The number of hydrogen-bond donors (Lipinski definition) is 1. The standard InChI is InChI=1S/C21H19ClFN3O2/c1-13-7-18(8-14(2)21(13)22)28-11-20(27)24-10-17-9-19(26-12-25-17)15-3-5-16(23)6-4-15/h3-9,12H,10-11H2,1-2H3,(H,24,27). The van der Waals surface area contributed by atoms with Gasteiger partial charge < -0.3 is 10.1 Å². The molecule has 144 valence electrons. The van der Waals surface area contributed by atoms with E-state index in [2.05, 4.69) is 15.3 Å². The Morgan fingerprint density at radius 3 is 2.46 bits per heavy atom. The lowest BCUT2D eigenvalue weighted by molar-refractivity contribution is -0.123. The van der Waals surface area contributed by atoms with Crippen LogP contribution in [0.2, 0.25) is 5.02 Å². The van der Waals surface area contributed by atoms with Gasteiger partial charge in [-0.05, 0) is 67.4 Å². The lowest BCUT2D eigenvalue weighted by Gasteiger charge is -2.10. The first kappa shape index (κ1) is 19.8. The van der Waals surface area contributed by atoms with Crippen LogP contribution in [-0.4, -0.2) is 22.5 Å². The zero-order valence-electron chi connectivity index (χ0n) is 15.5. The Kier molecular flexibility index (Phi) is 6.21. The third-order valence-corrected chi connectivity index (χ3v) is 4.71. The summed E-state index contributed by atoms with van der Waals surface area (Å²) in [4.78, 5) is 20.4. The SMILES string of the molecule is Cc1cc(OCC(=O)NCc2cc(-c3ccc(F)cc3)ncn2)cc(C)c1Cl. The summed E-state index contributed by atoms with van der Waals surface area (Å²) in [6, 6.07) is 11.4. The average Bonchev–Trinajstić information content (AvgIpc) is 2.69. The van der Waals surface area contributed by atoms with Crippen LogP contribution in [0.15, 0.2) is 48.8 Å². The van der Waals surface area contributed by atoms with Crippen LogP contribution in [-0.2, 0) is 11.3 Å². The molecule has 0 bridgehead atoms. The molecule has 7 heteroatoms. The molecule has 3 aromatic rings. The summed E-state index contributed by atoms with van der Waals surface area (Å²) in [6.07, 6.45) is 1.41. The minimum absolute atomic E-state index is 0.115. The maximum atomic E-state index is 13.1. The van der Waals surface area contributed by atoms with Crippen molar-refractivity contribution in [3.8, 4) is 17.0 Å². The number of ether oxygens (including phenoxy) is 1. The van der Waals surface area contributed by atoms with E-state index in [1.54, 1.807) is 30.3 Å². The van der Waals surface area contributed by atoms with Gasteiger partial charge in [0.1, 0.15) is 17.9 Å². The molecule has 0 aliphatic carbocycles. The molecule has 28 heavy (non-hydrogen) atoms. The zero-order chi connectivity index (χ0) is 20.1. The van der Waals surface area contributed by atoms with Gasteiger partial charge in [-0.25, -0.2) is 14.4 Å². The Hall–Kier alpha value is -2.99. The molecule has 0 saturated carbocycles. The van der Waals surface area contributed by atoms with Crippen LogP contribution < -0.4 is 10.1 Å². The summed E-state index contributed by atoms with van der Waals surface area (Å²) < 4.78 is 18.6. The molecule has 0 aliphatic heterocycles. The number of aromatic nitrogens is 2. The number of aryl methyl sites for hydroxylation is 2. The Morgan fingerprint density at radius 1 is 1.11 bits per heavy atom. The Labute approximate surface area is 167 Å². The van der Waals surface area contributed by atoms with Crippen molar-refractivity contribution in [3.63, 3.8) is 0 Å². The molecule has 1 heterocycles. The Morgan fingerprint density at radius 2 is 1.79 bits per heavy atom. The number of rotatable bonds is 6. The Bertz CT molecular complexity index is 970. The predicted octanol–water partition coefficient (Wildman–Crippen LogP) is 4.25.